The summed E-state index contributed by atoms with van der Waals surface area (Å²) >= 11 is 0. The van der Waals surface area contributed by atoms with E-state index in [9.17, 15) is 0 Å². The van der Waals surface area contributed by atoms with E-state index in [1.54, 1.807) is 0 Å². The first kappa shape index (κ1) is 22.9. The van der Waals surface area contributed by atoms with Crippen molar-refractivity contribution in [2.45, 2.75) is 39.5 Å². The van der Waals surface area contributed by atoms with Crippen LogP contribution in [0, 0.1) is 0 Å². The van der Waals surface area contributed by atoms with Gasteiger partial charge in [0.25, 0.3) is 0 Å². The lowest BCUT2D eigenvalue weighted by Gasteiger charge is -2.29. The van der Waals surface area contributed by atoms with Crippen LogP contribution in [0.3, 0.4) is 0 Å². The molecule has 176 valence electrons. The van der Waals surface area contributed by atoms with Gasteiger partial charge in [-0.1, -0.05) is 107 Å². The van der Waals surface area contributed by atoms with Gasteiger partial charge >= 0.3 is 0 Å². The quantitative estimate of drug-likeness (QED) is 0.302. The Hall–Kier alpha value is -3.85. The van der Waals surface area contributed by atoms with Gasteiger partial charge in [0, 0.05) is 0 Å². The summed E-state index contributed by atoms with van der Waals surface area (Å²) in [7, 11) is 0. The Bertz CT molecular complexity index is 1300. The minimum atomic E-state index is 0.119. The Labute approximate surface area is 209 Å². The molecule has 1 aliphatic rings. The first-order valence-electron chi connectivity index (χ1n) is 12.4. The van der Waals surface area contributed by atoms with Crippen LogP contribution in [0.2, 0.25) is 0 Å². The molecule has 0 saturated heterocycles. The van der Waals surface area contributed by atoms with Crippen molar-refractivity contribution in [3.8, 4) is 11.1 Å². The lowest BCUT2D eigenvalue weighted by Crippen LogP contribution is -2.36. The molecule has 0 fully saturated rings. The normalized spacial score (nSPS) is 13.8. The monoisotopic (exact) mass is 459 g/mol. The van der Waals surface area contributed by atoms with Crippen molar-refractivity contribution >= 4 is 17.1 Å². The van der Waals surface area contributed by atoms with Crippen LogP contribution in [0.1, 0.15) is 44.4 Å². The largest absolute Gasteiger partial charge is 0.259 e. The predicted octanol–water partition coefficient (Wildman–Crippen LogP) is 7.86. The Morgan fingerprint density at radius 3 is 1.83 bits per heavy atom. The number of nitrogens with zero attached hydrogens (tertiary/aromatic N) is 3. The number of hydrogen-bond donors (Lipinski definition) is 0. The van der Waals surface area contributed by atoms with Gasteiger partial charge in [0.1, 0.15) is 0 Å². The SMILES string of the molecule is CCc1ccc(N2CC(c3ccc(-c4ccccc4)cc3)=NN2c2ccc(C(C)(C)C)cc2)cc1. The maximum Gasteiger partial charge on any atom is 0.0917 e. The molecule has 3 heteroatoms. The van der Waals surface area contributed by atoms with E-state index in [0.717, 1.165) is 35.6 Å². The van der Waals surface area contributed by atoms with Crippen LogP contribution in [0.15, 0.2) is 108 Å². The highest BCUT2D eigenvalue weighted by atomic mass is 15.8. The number of anilines is 2. The maximum atomic E-state index is 5.10. The van der Waals surface area contributed by atoms with Gasteiger partial charge in [0.05, 0.1) is 23.6 Å². The fourth-order valence-corrected chi connectivity index (χ4v) is 4.44. The Balaban J connectivity index is 1.48. The summed E-state index contributed by atoms with van der Waals surface area (Å²) in [6.07, 6.45) is 1.04. The van der Waals surface area contributed by atoms with Crippen molar-refractivity contribution in [2.24, 2.45) is 5.10 Å². The Morgan fingerprint density at radius 2 is 1.23 bits per heavy atom. The molecule has 0 radical (unpaired) electrons. The van der Waals surface area contributed by atoms with E-state index in [-0.39, 0.29) is 5.41 Å². The molecule has 0 aromatic heterocycles. The van der Waals surface area contributed by atoms with Crippen molar-refractivity contribution in [1.82, 2.24) is 0 Å². The van der Waals surface area contributed by atoms with Gasteiger partial charge in [-0.2, -0.15) is 10.2 Å². The average Bonchev–Trinajstić information content (AvgIpc) is 3.34. The van der Waals surface area contributed by atoms with Crippen molar-refractivity contribution in [3.05, 3.63) is 120 Å². The van der Waals surface area contributed by atoms with Gasteiger partial charge in [-0.3, -0.25) is 5.01 Å². The summed E-state index contributed by atoms with van der Waals surface area (Å²) in [4.78, 5) is 0. The van der Waals surface area contributed by atoms with Gasteiger partial charge in [-0.25, -0.2) is 0 Å². The van der Waals surface area contributed by atoms with Crippen LogP contribution in [-0.4, -0.2) is 12.3 Å². The number of hydrogen-bond acceptors (Lipinski definition) is 3. The third-order valence-corrected chi connectivity index (χ3v) is 6.68. The highest BCUT2D eigenvalue weighted by Gasteiger charge is 2.27. The van der Waals surface area contributed by atoms with E-state index >= 15 is 0 Å². The van der Waals surface area contributed by atoms with Gasteiger partial charge in [0.2, 0.25) is 0 Å². The van der Waals surface area contributed by atoms with Crippen LogP contribution in [0.25, 0.3) is 11.1 Å². The third-order valence-electron chi connectivity index (χ3n) is 6.68. The average molecular weight is 460 g/mol. The molecule has 0 bridgehead atoms. The zero-order valence-electron chi connectivity index (χ0n) is 21.1. The lowest BCUT2D eigenvalue weighted by atomic mass is 9.87. The number of aryl methyl sites for hydroxylation is 1. The van der Waals surface area contributed by atoms with E-state index < -0.39 is 0 Å². The topological polar surface area (TPSA) is 18.8 Å². The Kier molecular flexibility index (Phi) is 6.17. The highest BCUT2D eigenvalue weighted by molar-refractivity contribution is 6.06. The molecule has 0 N–H and O–H groups in total. The molecule has 4 aromatic rings. The van der Waals surface area contributed by atoms with Crippen molar-refractivity contribution < 1.29 is 0 Å². The van der Waals surface area contributed by atoms with Crippen molar-refractivity contribution in [1.29, 1.82) is 0 Å². The molecule has 0 amide bonds. The van der Waals surface area contributed by atoms with E-state index in [1.807, 2.05) is 5.12 Å². The smallest absolute Gasteiger partial charge is 0.0917 e. The van der Waals surface area contributed by atoms with Crippen LogP contribution in [0.4, 0.5) is 11.4 Å². The van der Waals surface area contributed by atoms with Gasteiger partial charge in [-0.15, -0.1) is 0 Å². The molecule has 3 nitrogen and oxygen atoms in total. The minimum Gasteiger partial charge on any atom is -0.259 e. The van der Waals surface area contributed by atoms with Crippen LogP contribution in [-0.2, 0) is 11.8 Å². The van der Waals surface area contributed by atoms with Crippen LogP contribution < -0.4 is 10.1 Å². The maximum absolute atomic E-state index is 5.10. The van der Waals surface area contributed by atoms with Gasteiger partial charge in [0.15, 0.2) is 0 Å². The van der Waals surface area contributed by atoms with Crippen molar-refractivity contribution in [3.63, 3.8) is 0 Å². The summed E-state index contributed by atoms with van der Waals surface area (Å²) < 4.78 is 0. The number of hydrazone groups is 1. The number of benzene rings is 4. The summed E-state index contributed by atoms with van der Waals surface area (Å²) in [6.45, 7) is 9.64. The second-order valence-corrected chi connectivity index (χ2v) is 10.2. The molecule has 4 aromatic carbocycles. The first-order valence-corrected chi connectivity index (χ1v) is 12.4. The third kappa shape index (κ3) is 4.85. The summed E-state index contributed by atoms with van der Waals surface area (Å²) in [5, 5.41) is 9.40. The highest BCUT2D eigenvalue weighted by Crippen LogP contribution is 2.31. The second kappa shape index (κ2) is 9.42. The van der Waals surface area contributed by atoms with Crippen LogP contribution >= 0.6 is 0 Å². The molecule has 0 saturated carbocycles. The molecule has 0 atom stereocenters. The molecular weight excluding hydrogens is 426 g/mol. The predicted molar refractivity (Wildman–Crippen MR) is 149 cm³/mol. The molecule has 5 rings (SSSR count). The number of hydrazine groups is 1. The molecular formula is C32H33N3. The zero-order valence-corrected chi connectivity index (χ0v) is 21.1. The molecule has 0 aliphatic carbocycles. The summed E-state index contributed by atoms with van der Waals surface area (Å²) in [6, 6.07) is 36.9. The standard InChI is InChI=1S/C32H33N3/c1-5-24-11-19-29(20-12-24)34-23-31(27-15-13-26(14-16-27)25-9-7-6-8-10-25)33-35(34)30-21-17-28(18-22-30)32(2,3)4/h6-22H,5,23H2,1-4H3. The first-order chi connectivity index (χ1) is 16.9. The van der Waals surface area contributed by atoms with E-state index in [2.05, 4.69) is 136 Å². The second-order valence-electron chi connectivity index (χ2n) is 10.2. The minimum absolute atomic E-state index is 0.119. The fraction of sp³-hybridized carbons (Fsp3) is 0.219. The van der Waals surface area contributed by atoms with E-state index in [4.69, 9.17) is 5.10 Å². The Morgan fingerprint density at radius 1 is 0.657 bits per heavy atom. The van der Waals surface area contributed by atoms with Crippen LogP contribution in [0.5, 0.6) is 0 Å². The molecule has 0 unspecified atom stereocenters. The van der Waals surface area contributed by atoms with Gasteiger partial charge in [-0.05, 0) is 63.9 Å². The fourth-order valence-electron chi connectivity index (χ4n) is 4.44. The number of rotatable bonds is 5. The molecule has 35 heavy (non-hydrogen) atoms. The lowest BCUT2D eigenvalue weighted by molar-refractivity contribution is 0.590. The van der Waals surface area contributed by atoms with Gasteiger partial charge < -0.3 is 0 Å². The zero-order chi connectivity index (χ0) is 24.4. The molecule has 1 heterocycles. The van der Waals surface area contributed by atoms with E-state index in [1.165, 1.54) is 22.3 Å². The molecule has 0 spiro atoms. The van der Waals surface area contributed by atoms with E-state index in [0.29, 0.717) is 0 Å². The molecule has 1 aliphatic heterocycles. The van der Waals surface area contributed by atoms with Crippen molar-refractivity contribution in [2.75, 3.05) is 16.7 Å². The summed E-state index contributed by atoms with van der Waals surface area (Å²) in [5.74, 6) is 0. The summed E-state index contributed by atoms with van der Waals surface area (Å²) in [5.41, 5.74) is 9.63.